The molecule has 0 aromatic carbocycles. The summed E-state index contributed by atoms with van der Waals surface area (Å²) in [5.41, 5.74) is 2.24. The lowest BCUT2D eigenvalue weighted by molar-refractivity contribution is -0.123. The molecule has 0 N–H and O–H groups in total. The summed E-state index contributed by atoms with van der Waals surface area (Å²) in [4.78, 5) is 13.9. The van der Waals surface area contributed by atoms with Crippen LogP contribution in [0.15, 0.2) is 23.4 Å². The minimum Gasteiger partial charge on any atom is -0.309 e. The molecule has 2 nitrogen and oxygen atoms in total. The highest BCUT2D eigenvalue weighted by atomic mass is 28.3. The van der Waals surface area contributed by atoms with Crippen molar-refractivity contribution in [1.82, 2.24) is 4.90 Å². The minimum absolute atomic E-state index is 0.160. The van der Waals surface area contributed by atoms with Crippen molar-refractivity contribution in [2.75, 3.05) is 6.54 Å². The summed E-state index contributed by atoms with van der Waals surface area (Å²) in [6.07, 6.45) is 3.96. The summed E-state index contributed by atoms with van der Waals surface area (Å²) < 4.78 is 0. The number of allylic oxidation sites excluding steroid dienone is 2. The molecule has 0 bridgehead atoms. The van der Waals surface area contributed by atoms with Gasteiger partial charge in [0.05, 0.1) is 0 Å². The van der Waals surface area contributed by atoms with Crippen LogP contribution in [0.2, 0.25) is 25.7 Å². The van der Waals surface area contributed by atoms with Crippen molar-refractivity contribution in [2.24, 2.45) is 5.92 Å². The van der Waals surface area contributed by atoms with E-state index in [2.05, 4.69) is 39.6 Å². The van der Waals surface area contributed by atoms with Crippen molar-refractivity contribution in [2.45, 2.75) is 46.5 Å². The summed E-state index contributed by atoms with van der Waals surface area (Å²) in [5.74, 6) is 0.640. The van der Waals surface area contributed by atoms with E-state index in [1.807, 2.05) is 11.8 Å². The highest BCUT2D eigenvalue weighted by Gasteiger charge is 2.26. The van der Waals surface area contributed by atoms with Crippen molar-refractivity contribution in [3.63, 3.8) is 0 Å². The summed E-state index contributed by atoms with van der Waals surface area (Å²) in [6.45, 7) is 14.3. The van der Waals surface area contributed by atoms with Gasteiger partial charge in [-0.2, -0.15) is 0 Å². The van der Waals surface area contributed by atoms with Crippen LogP contribution < -0.4 is 0 Å². The van der Waals surface area contributed by atoms with Crippen LogP contribution in [0.25, 0.3) is 0 Å². The maximum atomic E-state index is 11.9. The number of carbonyl (C=O) groups excluding carboxylic acids is 1. The topological polar surface area (TPSA) is 20.3 Å². The zero-order valence-electron chi connectivity index (χ0n) is 12.0. The Kier molecular flexibility index (Phi) is 4.36. The van der Waals surface area contributed by atoms with E-state index in [-0.39, 0.29) is 5.91 Å². The van der Waals surface area contributed by atoms with Gasteiger partial charge in [0.15, 0.2) is 0 Å². The molecule has 1 amide bonds. The number of nitrogens with zero attached hydrogens (tertiary/aromatic N) is 1. The molecule has 0 aromatic rings. The van der Waals surface area contributed by atoms with Gasteiger partial charge in [0.2, 0.25) is 0 Å². The van der Waals surface area contributed by atoms with Crippen molar-refractivity contribution >= 4 is 14.0 Å². The van der Waals surface area contributed by atoms with Gasteiger partial charge in [0, 0.05) is 26.4 Å². The van der Waals surface area contributed by atoms with Crippen LogP contribution in [0.4, 0.5) is 0 Å². The molecular weight excluding hydrogens is 226 g/mol. The molecule has 0 saturated carbocycles. The second kappa shape index (κ2) is 5.21. The second-order valence-electron chi connectivity index (χ2n) is 6.42. The van der Waals surface area contributed by atoms with E-state index in [4.69, 9.17) is 0 Å². The summed E-state index contributed by atoms with van der Waals surface area (Å²) in [5, 5.41) is 0. The molecule has 0 spiro atoms. The third kappa shape index (κ3) is 4.15. The fraction of sp³-hybridized carbons (Fsp3) is 0.643. The van der Waals surface area contributed by atoms with E-state index < -0.39 is 8.07 Å². The van der Waals surface area contributed by atoms with E-state index in [1.165, 1.54) is 0 Å². The van der Waals surface area contributed by atoms with Crippen LogP contribution in [-0.2, 0) is 4.79 Å². The highest BCUT2D eigenvalue weighted by molar-refractivity contribution is 6.76. The predicted molar refractivity (Wildman–Crippen MR) is 76.5 cm³/mol. The zero-order chi connectivity index (χ0) is 13.2. The lowest BCUT2D eigenvalue weighted by Crippen LogP contribution is -2.32. The number of amides is 1. The SMILES string of the molecule is CC1=CC(=O)N(CC[Si](C)(C)C)/C1=C\C(C)C. The Bertz CT molecular complexity index is 361. The molecule has 1 aliphatic rings. The minimum atomic E-state index is -1.09. The molecule has 0 unspecified atom stereocenters. The smallest absolute Gasteiger partial charge is 0.251 e. The Morgan fingerprint density at radius 3 is 2.41 bits per heavy atom. The van der Waals surface area contributed by atoms with Crippen molar-refractivity contribution in [3.05, 3.63) is 23.4 Å². The molecule has 1 aliphatic heterocycles. The van der Waals surface area contributed by atoms with E-state index in [0.717, 1.165) is 23.9 Å². The molecule has 0 saturated heterocycles. The molecule has 0 atom stereocenters. The number of rotatable bonds is 4. The number of carbonyl (C=O) groups is 1. The third-order valence-electron chi connectivity index (χ3n) is 2.88. The van der Waals surface area contributed by atoms with Gasteiger partial charge in [-0.3, -0.25) is 4.79 Å². The molecule has 1 heterocycles. The van der Waals surface area contributed by atoms with Crippen LogP contribution in [0, 0.1) is 5.92 Å². The molecule has 0 aliphatic carbocycles. The summed E-state index contributed by atoms with van der Waals surface area (Å²) >= 11 is 0. The molecule has 0 fully saturated rings. The van der Waals surface area contributed by atoms with Crippen LogP contribution in [-0.4, -0.2) is 25.4 Å². The van der Waals surface area contributed by atoms with Gasteiger partial charge < -0.3 is 4.90 Å². The van der Waals surface area contributed by atoms with Gasteiger partial charge in [-0.1, -0.05) is 39.6 Å². The van der Waals surface area contributed by atoms with E-state index in [0.29, 0.717) is 5.92 Å². The highest BCUT2D eigenvalue weighted by Crippen LogP contribution is 2.26. The van der Waals surface area contributed by atoms with Crippen LogP contribution in [0.5, 0.6) is 0 Å². The standard InChI is InChI=1S/C14H25NOSi/c1-11(2)9-13-12(3)10-14(16)15(13)7-8-17(4,5)6/h9-11H,7-8H2,1-6H3/b13-9-. The maximum Gasteiger partial charge on any atom is 0.251 e. The first-order valence-corrected chi connectivity index (χ1v) is 10.1. The monoisotopic (exact) mass is 251 g/mol. The van der Waals surface area contributed by atoms with Gasteiger partial charge in [-0.25, -0.2) is 0 Å². The van der Waals surface area contributed by atoms with E-state index >= 15 is 0 Å². The average Bonchev–Trinajstić information content (AvgIpc) is 2.37. The van der Waals surface area contributed by atoms with Crippen molar-refractivity contribution < 1.29 is 4.79 Å². The lowest BCUT2D eigenvalue weighted by Gasteiger charge is -2.24. The first-order valence-electron chi connectivity index (χ1n) is 6.43. The van der Waals surface area contributed by atoms with Crippen molar-refractivity contribution in [1.29, 1.82) is 0 Å². The zero-order valence-corrected chi connectivity index (χ0v) is 13.0. The van der Waals surface area contributed by atoms with Crippen LogP contribution >= 0.6 is 0 Å². The predicted octanol–water partition coefficient (Wildman–Crippen LogP) is 3.65. The van der Waals surface area contributed by atoms with Crippen molar-refractivity contribution in [3.8, 4) is 0 Å². The first-order chi connectivity index (χ1) is 7.70. The van der Waals surface area contributed by atoms with E-state index in [1.54, 1.807) is 6.08 Å². The number of hydrogen-bond acceptors (Lipinski definition) is 1. The molecule has 3 heteroatoms. The van der Waals surface area contributed by atoms with E-state index in [9.17, 15) is 4.79 Å². The summed E-state index contributed by atoms with van der Waals surface area (Å²) in [7, 11) is -1.09. The van der Waals surface area contributed by atoms with Gasteiger partial charge in [-0.05, 0) is 24.5 Å². The van der Waals surface area contributed by atoms with Gasteiger partial charge in [-0.15, -0.1) is 0 Å². The maximum absolute atomic E-state index is 11.9. The van der Waals surface area contributed by atoms with Gasteiger partial charge in [0.1, 0.15) is 0 Å². The molecule has 1 rings (SSSR count). The fourth-order valence-electron chi connectivity index (χ4n) is 1.88. The average molecular weight is 251 g/mol. The number of hydrogen-bond donors (Lipinski definition) is 0. The Labute approximate surface area is 106 Å². The first kappa shape index (κ1) is 14.2. The van der Waals surface area contributed by atoms with Gasteiger partial charge >= 0.3 is 0 Å². The Morgan fingerprint density at radius 2 is 1.94 bits per heavy atom. The second-order valence-corrected chi connectivity index (χ2v) is 12.0. The fourth-order valence-corrected chi connectivity index (χ4v) is 2.78. The Hall–Kier alpha value is -0.833. The molecular formula is C14H25NOSi. The largest absolute Gasteiger partial charge is 0.309 e. The Morgan fingerprint density at radius 1 is 1.35 bits per heavy atom. The van der Waals surface area contributed by atoms with Gasteiger partial charge in [0.25, 0.3) is 5.91 Å². The molecule has 96 valence electrons. The van der Waals surface area contributed by atoms with Crippen LogP contribution in [0.3, 0.4) is 0 Å². The molecule has 17 heavy (non-hydrogen) atoms. The quantitative estimate of drug-likeness (QED) is 0.698. The lowest BCUT2D eigenvalue weighted by atomic mass is 10.1. The molecule has 0 aromatic heterocycles. The van der Waals surface area contributed by atoms with Crippen LogP contribution in [0.1, 0.15) is 20.8 Å². The third-order valence-corrected chi connectivity index (χ3v) is 4.60. The normalized spacial score (nSPS) is 19.5. The Balaban J connectivity index is 2.80. The summed E-state index contributed by atoms with van der Waals surface area (Å²) in [6, 6.07) is 1.16. The molecule has 0 radical (unpaired) electrons.